The molecule has 0 saturated carbocycles. The molecule has 0 heterocycles. The van der Waals surface area contributed by atoms with Crippen LogP contribution in [-0.2, 0) is 6.54 Å². The molecule has 2 rings (SSSR count). The van der Waals surface area contributed by atoms with Gasteiger partial charge in [-0.1, -0.05) is 29.8 Å². The Morgan fingerprint density at radius 3 is 2.60 bits per heavy atom. The Hall–Kier alpha value is -1.81. The molecule has 0 spiro atoms. The molecule has 0 bridgehead atoms. The maximum atomic E-state index is 12.0. The summed E-state index contributed by atoms with van der Waals surface area (Å²) in [6.45, 7) is 2.56. The number of nitrogens with one attached hydrogen (secondary N) is 1. The van der Waals surface area contributed by atoms with Gasteiger partial charge in [-0.25, -0.2) is 0 Å². The van der Waals surface area contributed by atoms with Crippen molar-refractivity contribution in [3.05, 3.63) is 65.2 Å². The first-order valence-corrected chi connectivity index (χ1v) is 7.44. The summed E-state index contributed by atoms with van der Waals surface area (Å²) in [4.78, 5) is 12.0. The van der Waals surface area contributed by atoms with Gasteiger partial charge in [0, 0.05) is 12.1 Å². The smallest absolute Gasteiger partial charge is 0.251 e. The summed E-state index contributed by atoms with van der Waals surface area (Å²) in [5.41, 5.74) is 3.34. The van der Waals surface area contributed by atoms with Gasteiger partial charge in [-0.15, -0.1) is 0 Å². The standard InChI is InChI=1S/C16H16BrNO2/c1-12-3-2-4-13(9-12)10-18-16(19)14-5-7-15(8-6-14)20-11-17/h2-9H,10-11H2,1H3,(H,18,19). The molecule has 0 radical (unpaired) electrons. The van der Waals surface area contributed by atoms with Gasteiger partial charge >= 0.3 is 0 Å². The fourth-order valence-electron chi connectivity index (χ4n) is 1.87. The highest BCUT2D eigenvalue weighted by Crippen LogP contribution is 2.13. The van der Waals surface area contributed by atoms with E-state index in [1.165, 1.54) is 5.56 Å². The monoisotopic (exact) mass is 333 g/mol. The van der Waals surface area contributed by atoms with Crippen LogP contribution in [0.4, 0.5) is 0 Å². The number of hydrogen-bond acceptors (Lipinski definition) is 2. The number of amides is 1. The van der Waals surface area contributed by atoms with Gasteiger partial charge in [-0.05, 0) is 52.7 Å². The first-order valence-electron chi connectivity index (χ1n) is 6.31. The van der Waals surface area contributed by atoms with Crippen molar-refractivity contribution in [1.82, 2.24) is 5.32 Å². The molecule has 0 aliphatic carbocycles. The molecule has 2 aromatic carbocycles. The van der Waals surface area contributed by atoms with E-state index in [0.29, 0.717) is 17.6 Å². The second-order valence-electron chi connectivity index (χ2n) is 4.45. The van der Waals surface area contributed by atoms with E-state index in [-0.39, 0.29) is 5.91 Å². The van der Waals surface area contributed by atoms with E-state index in [0.717, 1.165) is 11.3 Å². The van der Waals surface area contributed by atoms with Gasteiger partial charge in [0.1, 0.15) is 11.3 Å². The number of benzene rings is 2. The zero-order valence-electron chi connectivity index (χ0n) is 11.2. The van der Waals surface area contributed by atoms with Crippen LogP contribution >= 0.6 is 15.9 Å². The summed E-state index contributed by atoms with van der Waals surface area (Å²) in [6.07, 6.45) is 0. The zero-order chi connectivity index (χ0) is 14.4. The minimum Gasteiger partial charge on any atom is -0.482 e. The van der Waals surface area contributed by atoms with Gasteiger partial charge < -0.3 is 10.1 Å². The van der Waals surface area contributed by atoms with Crippen LogP contribution < -0.4 is 10.1 Å². The summed E-state index contributed by atoms with van der Waals surface area (Å²) < 4.78 is 5.27. The van der Waals surface area contributed by atoms with Crippen LogP contribution in [0, 0.1) is 6.92 Å². The Balaban J connectivity index is 1.94. The maximum absolute atomic E-state index is 12.0. The normalized spacial score (nSPS) is 10.1. The molecule has 1 amide bonds. The van der Waals surface area contributed by atoms with E-state index in [1.54, 1.807) is 24.3 Å². The summed E-state index contributed by atoms with van der Waals surface area (Å²) in [5.74, 6) is 0.647. The molecular formula is C16H16BrNO2. The highest BCUT2D eigenvalue weighted by Gasteiger charge is 2.05. The maximum Gasteiger partial charge on any atom is 0.251 e. The number of carbonyl (C=O) groups is 1. The van der Waals surface area contributed by atoms with Crippen LogP contribution in [0.3, 0.4) is 0 Å². The van der Waals surface area contributed by atoms with Gasteiger partial charge in [-0.3, -0.25) is 4.79 Å². The van der Waals surface area contributed by atoms with Crippen molar-refractivity contribution < 1.29 is 9.53 Å². The van der Waals surface area contributed by atoms with E-state index in [1.807, 2.05) is 25.1 Å². The Kier molecular flexibility index (Phi) is 5.18. The second kappa shape index (κ2) is 7.10. The lowest BCUT2D eigenvalue weighted by Gasteiger charge is -2.07. The minimum absolute atomic E-state index is 0.0862. The van der Waals surface area contributed by atoms with Crippen molar-refractivity contribution in [1.29, 1.82) is 0 Å². The number of hydrogen-bond donors (Lipinski definition) is 1. The number of aryl methyl sites for hydroxylation is 1. The minimum atomic E-state index is -0.0862. The van der Waals surface area contributed by atoms with E-state index in [9.17, 15) is 4.79 Å². The van der Waals surface area contributed by atoms with Crippen molar-refractivity contribution in [2.45, 2.75) is 13.5 Å². The topological polar surface area (TPSA) is 38.3 Å². The molecule has 3 nitrogen and oxygen atoms in total. The molecular weight excluding hydrogens is 318 g/mol. The van der Waals surface area contributed by atoms with E-state index < -0.39 is 0 Å². The fourth-order valence-corrected chi connectivity index (χ4v) is 2.14. The average molecular weight is 334 g/mol. The number of ether oxygens (including phenoxy) is 1. The SMILES string of the molecule is Cc1cccc(CNC(=O)c2ccc(OCBr)cc2)c1. The molecule has 20 heavy (non-hydrogen) atoms. The Bertz CT molecular complexity index is 581. The van der Waals surface area contributed by atoms with Gasteiger partial charge in [0.25, 0.3) is 5.91 Å². The molecule has 4 heteroatoms. The Morgan fingerprint density at radius 1 is 1.20 bits per heavy atom. The van der Waals surface area contributed by atoms with Crippen LogP contribution in [0.15, 0.2) is 48.5 Å². The summed E-state index contributed by atoms with van der Waals surface area (Å²) >= 11 is 3.19. The van der Waals surface area contributed by atoms with Crippen molar-refractivity contribution in [3.8, 4) is 5.75 Å². The quantitative estimate of drug-likeness (QED) is 0.848. The third kappa shape index (κ3) is 4.10. The fraction of sp³-hybridized carbons (Fsp3) is 0.188. The molecule has 0 aliphatic heterocycles. The van der Waals surface area contributed by atoms with Crippen molar-refractivity contribution in [2.24, 2.45) is 0 Å². The number of alkyl halides is 1. The van der Waals surface area contributed by atoms with Gasteiger partial charge in [0.15, 0.2) is 0 Å². The highest BCUT2D eigenvalue weighted by molar-refractivity contribution is 9.09. The van der Waals surface area contributed by atoms with Gasteiger partial charge in [-0.2, -0.15) is 0 Å². The van der Waals surface area contributed by atoms with Crippen LogP contribution in [0.2, 0.25) is 0 Å². The molecule has 0 saturated heterocycles. The van der Waals surface area contributed by atoms with Crippen molar-refractivity contribution in [3.63, 3.8) is 0 Å². The van der Waals surface area contributed by atoms with E-state index >= 15 is 0 Å². The lowest BCUT2D eigenvalue weighted by atomic mass is 10.1. The molecule has 2 aromatic rings. The lowest BCUT2D eigenvalue weighted by Crippen LogP contribution is -2.22. The molecule has 0 aliphatic rings. The molecule has 0 aromatic heterocycles. The average Bonchev–Trinajstić information content (AvgIpc) is 2.46. The summed E-state index contributed by atoms with van der Waals surface area (Å²) in [5, 5.41) is 2.90. The first-order chi connectivity index (χ1) is 9.69. The third-order valence-electron chi connectivity index (χ3n) is 2.87. The molecule has 1 N–H and O–H groups in total. The zero-order valence-corrected chi connectivity index (χ0v) is 12.8. The molecule has 0 atom stereocenters. The largest absolute Gasteiger partial charge is 0.482 e. The number of rotatable bonds is 5. The predicted molar refractivity (Wildman–Crippen MR) is 83.2 cm³/mol. The van der Waals surface area contributed by atoms with E-state index in [4.69, 9.17) is 4.74 Å². The first kappa shape index (κ1) is 14.6. The number of carbonyl (C=O) groups excluding carboxylic acids is 1. The highest BCUT2D eigenvalue weighted by atomic mass is 79.9. The molecule has 0 fully saturated rings. The van der Waals surface area contributed by atoms with E-state index in [2.05, 4.69) is 27.3 Å². The van der Waals surface area contributed by atoms with Gasteiger partial charge in [0.05, 0.1) is 0 Å². The van der Waals surface area contributed by atoms with Crippen molar-refractivity contribution in [2.75, 3.05) is 5.52 Å². The van der Waals surface area contributed by atoms with Crippen molar-refractivity contribution >= 4 is 21.8 Å². The molecule has 104 valence electrons. The summed E-state index contributed by atoms with van der Waals surface area (Å²) in [7, 11) is 0. The van der Waals surface area contributed by atoms with Crippen LogP contribution in [0.25, 0.3) is 0 Å². The molecule has 0 unspecified atom stereocenters. The lowest BCUT2D eigenvalue weighted by molar-refractivity contribution is 0.0951. The Morgan fingerprint density at radius 2 is 1.95 bits per heavy atom. The number of halogens is 1. The van der Waals surface area contributed by atoms with Crippen LogP contribution in [0.1, 0.15) is 21.5 Å². The summed E-state index contributed by atoms with van der Waals surface area (Å²) in [6, 6.07) is 15.2. The van der Waals surface area contributed by atoms with Crippen LogP contribution in [0.5, 0.6) is 5.75 Å². The van der Waals surface area contributed by atoms with Crippen LogP contribution in [-0.4, -0.2) is 11.4 Å². The Labute approximate surface area is 127 Å². The second-order valence-corrected chi connectivity index (χ2v) is 4.91. The predicted octanol–water partition coefficient (Wildman–Crippen LogP) is 3.66. The van der Waals surface area contributed by atoms with Gasteiger partial charge in [0.2, 0.25) is 0 Å². The third-order valence-corrected chi connectivity index (χ3v) is 3.10.